The van der Waals surface area contributed by atoms with Gasteiger partial charge in [0.15, 0.2) is 0 Å². The van der Waals surface area contributed by atoms with Crippen LogP contribution < -0.4 is 0 Å². The molecule has 0 bridgehead atoms. The Morgan fingerprint density at radius 1 is 1.38 bits per heavy atom. The highest BCUT2D eigenvalue weighted by Crippen LogP contribution is 2.23. The topological polar surface area (TPSA) is 84.5 Å². The van der Waals surface area contributed by atoms with E-state index in [0.29, 0.717) is 0 Å². The first-order valence-corrected chi connectivity index (χ1v) is 4.76. The Hall–Kier alpha value is -1.48. The third kappa shape index (κ3) is 2.76. The van der Waals surface area contributed by atoms with Gasteiger partial charge in [-0.1, -0.05) is 0 Å². The number of benzene rings is 1. The summed E-state index contributed by atoms with van der Waals surface area (Å²) >= 11 is 0. The lowest BCUT2D eigenvalue weighted by molar-refractivity contribution is 0.00394. The van der Waals surface area contributed by atoms with Crippen LogP contribution >= 0.6 is 0 Å². The molecule has 0 saturated heterocycles. The molecule has 1 aromatic rings. The van der Waals surface area contributed by atoms with Crippen LogP contribution in [0.2, 0.25) is 0 Å². The molecule has 3 N–H and O–H groups in total. The van der Waals surface area contributed by atoms with Gasteiger partial charge in [-0.3, -0.25) is 0 Å². The molecule has 0 aliphatic rings. The highest BCUT2D eigenvalue weighted by molar-refractivity contribution is 5.39. The predicted molar refractivity (Wildman–Crippen MR) is 53.8 cm³/mol. The molecule has 0 radical (unpaired) electrons. The molecule has 86 valence electrons. The van der Waals surface area contributed by atoms with Crippen molar-refractivity contribution in [2.75, 3.05) is 6.61 Å². The molecule has 0 spiro atoms. The van der Waals surface area contributed by atoms with Crippen molar-refractivity contribution in [3.05, 3.63) is 35.1 Å². The van der Waals surface area contributed by atoms with Gasteiger partial charge in [0.2, 0.25) is 0 Å². The SMILES string of the molecule is N#Cc1ccc(F)cc1C(O)C(O)CCO. The molecule has 0 aliphatic carbocycles. The number of hydrogen-bond donors (Lipinski definition) is 3. The summed E-state index contributed by atoms with van der Waals surface area (Å²) in [4.78, 5) is 0. The van der Waals surface area contributed by atoms with Gasteiger partial charge >= 0.3 is 0 Å². The van der Waals surface area contributed by atoms with E-state index in [-0.39, 0.29) is 24.2 Å². The van der Waals surface area contributed by atoms with Crippen LogP contribution in [0.1, 0.15) is 23.7 Å². The zero-order valence-corrected chi connectivity index (χ0v) is 8.47. The van der Waals surface area contributed by atoms with E-state index in [2.05, 4.69) is 0 Å². The van der Waals surface area contributed by atoms with E-state index < -0.39 is 18.0 Å². The van der Waals surface area contributed by atoms with Gasteiger partial charge in [-0.25, -0.2) is 4.39 Å². The third-order valence-electron chi connectivity index (χ3n) is 2.24. The summed E-state index contributed by atoms with van der Waals surface area (Å²) in [5.41, 5.74) is 0.134. The van der Waals surface area contributed by atoms with Crippen LogP contribution in [0.15, 0.2) is 18.2 Å². The van der Waals surface area contributed by atoms with Crippen LogP contribution in [0.25, 0.3) is 0 Å². The largest absolute Gasteiger partial charge is 0.396 e. The van der Waals surface area contributed by atoms with Crippen LogP contribution in [0.5, 0.6) is 0 Å². The van der Waals surface area contributed by atoms with Gasteiger partial charge in [0.1, 0.15) is 11.9 Å². The molecule has 0 heterocycles. The fraction of sp³-hybridized carbons (Fsp3) is 0.364. The van der Waals surface area contributed by atoms with E-state index >= 15 is 0 Å². The quantitative estimate of drug-likeness (QED) is 0.695. The second-order valence-corrected chi connectivity index (χ2v) is 3.37. The molecule has 4 nitrogen and oxygen atoms in total. The summed E-state index contributed by atoms with van der Waals surface area (Å²) in [5, 5.41) is 36.5. The second kappa shape index (κ2) is 5.56. The lowest BCUT2D eigenvalue weighted by Gasteiger charge is -2.18. The fourth-order valence-electron chi connectivity index (χ4n) is 1.38. The van der Waals surface area contributed by atoms with Crippen molar-refractivity contribution in [1.82, 2.24) is 0 Å². The Labute approximate surface area is 92.2 Å². The number of nitrogens with zero attached hydrogens (tertiary/aromatic N) is 1. The molecule has 16 heavy (non-hydrogen) atoms. The van der Waals surface area contributed by atoms with E-state index in [1.165, 1.54) is 6.07 Å². The molecule has 0 saturated carbocycles. The summed E-state index contributed by atoms with van der Waals surface area (Å²) in [6.07, 6.45) is -2.64. The van der Waals surface area contributed by atoms with E-state index in [1.807, 2.05) is 0 Å². The second-order valence-electron chi connectivity index (χ2n) is 3.37. The van der Waals surface area contributed by atoms with Crippen LogP contribution in [0, 0.1) is 17.1 Å². The minimum Gasteiger partial charge on any atom is -0.396 e. The molecule has 0 amide bonds. The van der Waals surface area contributed by atoms with Crippen molar-refractivity contribution in [3.63, 3.8) is 0 Å². The smallest absolute Gasteiger partial charge is 0.123 e. The number of hydrogen-bond acceptors (Lipinski definition) is 4. The van der Waals surface area contributed by atoms with E-state index in [4.69, 9.17) is 10.4 Å². The Balaban J connectivity index is 3.02. The van der Waals surface area contributed by atoms with Crippen LogP contribution in [0.4, 0.5) is 4.39 Å². The normalized spacial score (nSPS) is 14.2. The maximum absolute atomic E-state index is 12.9. The van der Waals surface area contributed by atoms with Crippen molar-refractivity contribution >= 4 is 0 Å². The van der Waals surface area contributed by atoms with Gasteiger partial charge in [-0.2, -0.15) is 5.26 Å². The van der Waals surface area contributed by atoms with E-state index in [9.17, 15) is 14.6 Å². The first kappa shape index (κ1) is 12.6. The minimum atomic E-state index is -1.38. The van der Waals surface area contributed by atoms with Gasteiger partial charge in [0.25, 0.3) is 0 Å². The maximum Gasteiger partial charge on any atom is 0.123 e. The van der Waals surface area contributed by atoms with Crippen molar-refractivity contribution in [1.29, 1.82) is 5.26 Å². The fourth-order valence-corrected chi connectivity index (χ4v) is 1.38. The molecule has 2 unspecified atom stereocenters. The average molecular weight is 225 g/mol. The Bertz CT molecular complexity index is 403. The molecular weight excluding hydrogens is 213 g/mol. The summed E-state index contributed by atoms with van der Waals surface area (Å²) in [6, 6.07) is 5.14. The van der Waals surface area contributed by atoms with Crippen molar-refractivity contribution in [3.8, 4) is 6.07 Å². The van der Waals surface area contributed by atoms with Gasteiger partial charge in [-0.15, -0.1) is 0 Å². The molecule has 0 aliphatic heterocycles. The Morgan fingerprint density at radius 2 is 2.06 bits per heavy atom. The lowest BCUT2D eigenvalue weighted by atomic mass is 9.98. The number of halogens is 1. The predicted octanol–water partition coefficient (Wildman–Crippen LogP) is 0.474. The molecule has 0 fully saturated rings. The molecule has 2 atom stereocenters. The van der Waals surface area contributed by atoms with Crippen molar-refractivity contribution < 1.29 is 19.7 Å². The minimum absolute atomic E-state index is 0.0310. The first-order valence-electron chi connectivity index (χ1n) is 4.76. The zero-order chi connectivity index (χ0) is 12.1. The lowest BCUT2D eigenvalue weighted by Crippen LogP contribution is -2.20. The van der Waals surface area contributed by atoms with Crippen LogP contribution in [-0.4, -0.2) is 28.0 Å². The van der Waals surface area contributed by atoms with E-state index in [0.717, 1.165) is 12.1 Å². The summed E-state index contributed by atoms with van der Waals surface area (Å²) in [6.45, 7) is -0.296. The first-order chi connectivity index (χ1) is 7.60. The highest BCUT2D eigenvalue weighted by atomic mass is 19.1. The van der Waals surface area contributed by atoms with Crippen LogP contribution in [-0.2, 0) is 0 Å². The standard InChI is InChI=1S/C11H12FNO3/c12-8-2-1-7(6-13)9(5-8)11(16)10(15)3-4-14/h1-2,5,10-11,14-16H,3-4H2. The Kier molecular flexibility index (Phi) is 4.38. The van der Waals surface area contributed by atoms with E-state index in [1.54, 1.807) is 6.07 Å². The summed E-state index contributed by atoms with van der Waals surface area (Å²) < 4.78 is 12.9. The molecule has 1 rings (SSSR count). The average Bonchev–Trinajstić information content (AvgIpc) is 2.28. The van der Waals surface area contributed by atoms with Gasteiger partial charge < -0.3 is 15.3 Å². The monoisotopic (exact) mass is 225 g/mol. The van der Waals surface area contributed by atoms with Crippen LogP contribution in [0.3, 0.4) is 0 Å². The zero-order valence-electron chi connectivity index (χ0n) is 8.47. The Morgan fingerprint density at radius 3 is 2.62 bits per heavy atom. The summed E-state index contributed by atoms with van der Waals surface area (Å²) in [5.74, 6) is -0.593. The number of rotatable bonds is 4. The number of nitriles is 1. The van der Waals surface area contributed by atoms with Gasteiger partial charge in [-0.05, 0) is 24.6 Å². The van der Waals surface area contributed by atoms with Gasteiger partial charge in [0, 0.05) is 12.2 Å². The molecule has 5 heteroatoms. The van der Waals surface area contributed by atoms with Crippen molar-refractivity contribution in [2.45, 2.75) is 18.6 Å². The third-order valence-corrected chi connectivity index (χ3v) is 2.24. The maximum atomic E-state index is 12.9. The van der Waals surface area contributed by atoms with Gasteiger partial charge in [0.05, 0.1) is 17.7 Å². The number of aliphatic hydroxyl groups excluding tert-OH is 3. The summed E-state index contributed by atoms with van der Waals surface area (Å²) in [7, 11) is 0. The molecular formula is C11H12FNO3. The number of aliphatic hydroxyl groups is 3. The molecule has 1 aromatic carbocycles. The highest BCUT2D eigenvalue weighted by Gasteiger charge is 2.21. The molecule has 0 aromatic heterocycles. The van der Waals surface area contributed by atoms with Crippen molar-refractivity contribution in [2.24, 2.45) is 0 Å².